The highest BCUT2D eigenvalue weighted by atomic mass is 35.5. The molecule has 0 radical (unpaired) electrons. The van der Waals surface area contributed by atoms with Crippen molar-refractivity contribution in [2.24, 2.45) is 0 Å². The highest BCUT2D eigenvalue weighted by molar-refractivity contribution is 6.31. The minimum atomic E-state index is -0.826. The summed E-state index contributed by atoms with van der Waals surface area (Å²) in [6.45, 7) is 0. The lowest BCUT2D eigenvalue weighted by Gasteiger charge is -2.29. The number of carbonyl (C=O) groups excluding carboxylic acids is 1. The number of methoxy groups -OCH3 is 1. The minimum Gasteiger partial charge on any atom is -0.497 e. The molecular formula is C22H18ClNO2. The van der Waals surface area contributed by atoms with Crippen LogP contribution in [0.4, 0.5) is 5.69 Å². The molecule has 130 valence electrons. The molecule has 1 N–H and O–H groups in total. The number of anilines is 1. The van der Waals surface area contributed by atoms with Crippen molar-refractivity contribution in [3.05, 3.63) is 94.5 Å². The molecule has 0 spiro atoms. The summed E-state index contributed by atoms with van der Waals surface area (Å²) in [6.07, 6.45) is 0.555. The fraction of sp³-hybridized carbons (Fsp3) is 0.136. The van der Waals surface area contributed by atoms with E-state index in [-0.39, 0.29) is 5.91 Å². The van der Waals surface area contributed by atoms with Crippen molar-refractivity contribution in [2.45, 2.75) is 11.8 Å². The zero-order valence-electron chi connectivity index (χ0n) is 14.3. The van der Waals surface area contributed by atoms with Crippen LogP contribution in [-0.4, -0.2) is 13.0 Å². The van der Waals surface area contributed by atoms with Crippen molar-refractivity contribution >= 4 is 23.2 Å². The quantitative estimate of drug-likeness (QED) is 0.721. The van der Waals surface area contributed by atoms with Crippen LogP contribution < -0.4 is 10.1 Å². The predicted octanol–water partition coefficient (Wildman–Crippen LogP) is 4.83. The molecule has 0 aliphatic carbocycles. The average molecular weight is 364 g/mol. The smallest absolute Gasteiger partial charge is 0.239 e. The van der Waals surface area contributed by atoms with Gasteiger partial charge in [0.2, 0.25) is 5.91 Å². The molecule has 1 atom stereocenters. The third-order valence-electron chi connectivity index (χ3n) is 4.97. The zero-order valence-corrected chi connectivity index (χ0v) is 15.1. The summed E-state index contributed by atoms with van der Waals surface area (Å²) in [5.74, 6) is 0.720. The van der Waals surface area contributed by atoms with Crippen molar-refractivity contribution in [3.8, 4) is 5.75 Å². The van der Waals surface area contributed by atoms with Crippen LogP contribution >= 0.6 is 11.6 Å². The molecule has 1 unspecified atom stereocenters. The molecular weight excluding hydrogens is 346 g/mol. The van der Waals surface area contributed by atoms with Gasteiger partial charge in [0, 0.05) is 10.7 Å². The van der Waals surface area contributed by atoms with Gasteiger partial charge >= 0.3 is 0 Å². The SMILES string of the molecule is COc1ccc(C2(Cc3ccccc3)C(=O)Nc3ccc(Cl)cc32)cc1. The van der Waals surface area contributed by atoms with E-state index in [0.29, 0.717) is 11.4 Å². The van der Waals surface area contributed by atoms with E-state index in [1.54, 1.807) is 13.2 Å². The predicted molar refractivity (Wildman–Crippen MR) is 104 cm³/mol. The van der Waals surface area contributed by atoms with Crippen LogP contribution in [0.2, 0.25) is 5.02 Å². The number of nitrogens with one attached hydrogen (secondary N) is 1. The van der Waals surface area contributed by atoms with Crippen LogP contribution in [0.1, 0.15) is 16.7 Å². The number of hydrogen-bond acceptors (Lipinski definition) is 2. The van der Waals surface area contributed by atoms with Crippen LogP contribution in [0.25, 0.3) is 0 Å². The van der Waals surface area contributed by atoms with E-state index in [9.17, 15) is 4.79 Å². The number of rotatable bonds is 4. The lowest BCUT2D eigenvalue weighted by molar-refractivity contribution is -0.119. The molecule has 1 aliphatic rings. The first-order chi connectivity index (χ1) is 12.6. The summed E-state index contributed by atoms with van der Waals surface area (Å²) < 4.78 is 5.28. The van der Waals surface area contributed by atoms with E-state index in [1.807, 2.05) is 66.7 Å². The Morgan fingerprint density at radius 3 is 2.42 bits per heavy atom. The number of hydrogen-bond donors (Lipinski definition) is 1. The molecule has 26 heavy (non-hydrogen) atoms. The molecule has 1 amide bonds. The molecule has 4 rings (SSSR count). The number of amides is 1. The molecule has 1 heterocycles. The van der Waals surface area contributed by atoms with Gasteiger partial charge in [0.15, 0.2) is 0 Å². The zero-order chi connectivity index (χ0) is 18.1. The minimum absolute atomic E-state index is 0.0382. The van der Waals surface area contributed by atoms with Gasteiger partial charge in [0.05, 0.1) is 7.11 Å². The van der Waals surface area contributed by atoms with Gasteiger partial charge in [-0.2, -0.15) is 0 Å². The Morgan fingerprint density at radius 2 is 1.73 bits per heavy atom. The summed E-state index contributed by atoms with van der Waals surface area (Å²) in [6, 6.07) is 23.3. The van der Waals surface area contributed by atoms with Crippen LogP contribution in [0.5, 0.6) is 5.75 Å². The monoisotopic (exact) mass is 363 g/mol. The van der Waals surface area contributed by atoms with Crippen molar-refractivity contribution in [1.82, 2.24) is 0 Å². The fourth-order valence-electron chi connectivity index (χ4n) is 3.67. The Morgan fingerprint density at radius 1 is 1.00 bits per heavy atom. The summed E-state index contributed by atoms with van der Waals surface area (Å²) in [5, 5.41) is 3.65. The van der Waals surface area contributed by atoms with Gasteiger partial charge in [-0.3, -0.25) is 4.79 Å². The van der Waals surface area contributed by atoms with Gasteiger partial charge < -0.3 is 10.1 Å². The number of carbonyl (C=O) groups is 1. The standard InChI is InChI=1S/C22H18ClNO2/c1-26-18-10-7-16(8-11-18)22(14-15-5-3-2-4-6-15)19-13-17(23)9-12-20(19)24-21(22)25/h2-13H,14H2,1H3,(H,24,25). The Kier molecular flexibility index (Phi) is 4.17. The summed E-state index contributed by atoms with van der Waals surface area (Å²) in [4.78, 5) is 13.2. The van der Waals surface area contributed by atoms with Crippen molar-refractivity contribution in [3.63, 3.8) is 0 Å². The Hall–Kier alpha value is -2.78. The Labute approximate surface area is 157 Å². The van der Waals surface area contributed by atoms with E-state index in [1.165, 1.54) is 0 Å². The molecule has 3 nitrogen and oxygen atoms in total. The third kappa shape index (κ3) is 2.65. The third-order valence-corrected chi connectivity index (χ3v) is 5.21. The molecule has 4 heteroatoms. The first-order valence-corrected chi connectivity index (χ1v) is 8.81. The largest absolute Gasteiger partial charge is 0.497 e. The second-order valence-electron chi connectivity index (χ2n) is 6.44. The van der Waals surface area contributed by atoms with Crippen LogP contribution in [0.3, 0.4) is 0 Å². The molecule has 0 bridgehead atoms. The van der Waals surface area contributed by atoms with Crippen LogP contribution in [-0.2, 0) is 16.6 Å². The number of ether oxygens (including phenoxy) is 1. The van der Waals surface area contributed by atoms with E-state index >= 15 is 0 Å². The highest BCUT2D eigenvalue weighted by Gasteiger charge is 2.48. The van der Waals surface area contributed by atoms with Gasteiger partial charge in [0.1, 0.15) is 11.2 Å². The van der Waals surface area contributed by atoms with Gasteiger partial charge in [-0.25, -0.2) is 0 Å². The maximum Gasteiger partial charge on any atom is 0.239 e. The Balaban J connectivity index is 1.93. The summed E-state index contributed by atoms with van der Waals surface area (Å²) in [5.41, 5.74) is 2.90. The number of fused-ring (bicyclic) bond motifs is 1. The first-order valence-electron chi connectivity index (χ1n) is 8.43. The van der Waals surface area contributed by atoms with E-state index < -0.39 is 5.41 Å². The number of benzene rings is 3. The van der Waals surface area contributed by atoms with Crippen molar-refractivity contribution in [1.29, 1.82) is 0 Å². The van der Waals surface area contributed by atoms with Gasteiger partial charge in [-0.1, -0.05) is 54.1 Å². The van der Waals surface area contributed by atoms with Gasteiger partial charge in [-0.05, 0) is 53.4 Å². The van der Waals surface area contributed by atoms with E-state index in [0.717, 1.165) is 28.1 Å². The molecule has 0 fully saturated rings. The second kappa shape index (κ2) is 6.50. The fourth-order valence-corrected chi connectivity index (χ4v) is 3.84. The maximum absolute atomic E-state index is 13.2. The molecule has 3 aromatic rings. The Bertz CT molecular complexity index is 954. The van der Waals surface area contributed by atoms with Gasteiger partial charge in [0.25, 0.3) is 0 Å². The van der Waals surface area contributed by atoms with E-state index in [2.05, 4.69) is 5.32 Å². The number of halogens is 1. The lowest BCUT2D eigenvalue weighted by Crippen LogP contribution is -2.38. The van der Waals surface area contributed by atoms with Crippen molar-refractivity contribution in [2.75, 3.05) is 12.4 Å². The van der Waals surface area contributed by atoms with Crippen molar-refractivity contribution < 1.29 is 9.53 Å². The lowest BCUT2D eigenvalue weighted by atomic mass is 9.71. The normalized spacial score (nSPS) is 18.3. The summed E-state index contributed by atoms with van der Waals surface area (Å²) >= 11 is 6.28. The average Bonchev–Trinajstić information content (AvgIpc) is 2.95. The molecule has 0 aromatic heterocycles. The molecule has 0 saturated carbocycles. The molecule has 0 saturated heterocycles. The van der Waals surface area contributed by atoms with E-state index in [4.69, 9.17) is 16.3 Å². The summed E-state index contributed by atoms with van der Waals surface area (Å²) in [7, 11) is 1.63. The van der Waals surface area contributed by atoms with Crippen LogP contribution in [0.15, 0.2) is 72.8 Å². The topological polar surface area (TPSA) is 38.3 Å². The maximum atomic E-state index is 13.2. The molecule has 3 aromatic carbocycles. The second-order valence-corrected chi connectivity index (χ2v) is 6.88. The first kappa shape index (κ1) is 16.7. The highest BCUT2D eigenvalue weighted by Crippen LogP contribution is 2.46. The van der Waals surface area contributed by atoms with Crippen LogP contribution in [0, 0.1) is 0 Å². The molecule has 1 aliphatic heterocycles. The van der Waals surface area contributed by atoms with Gasteiger partial charge in [-0.15, -0.1) is 0 Å².